The van der Waals surface area contributed by atoms with Crippen molar-refractivity contribution in [1.82, 2.24) is 20.1 Å². The molecule has 0 spiro atoms. The highest BCUT2D eigenvalue weighted by Gasteiger charge is 2.29. The van der Waals surface area contributed by atoms with Crippen LogP contribution in [0.3, 0.4) is 0 Å². The molecule has 3 aromatic rings. The number of carbonyl (C=O) groups excluding carboxylic acids is 2. The minimum Gasteiger partial charge on any atom is -0.350 e. The van der Waals surface area contributed by atoms with Gasteiger partial charge in [-0.1, -0.05) is 29.8 Å². The van der Waals surface area contributed by atoms with Gasteiger partial charge in [-0.3, -0.25) is 15.0 Å². The molecule has 3 amide bonds. The molecule has 4 rings (SSSR count). The van der Waals surface area contributed by atoms with Crippen LogP contribution in [0.25, 0.3) is 10.2 Å². The summed E-state index contributed by atoms with van der Waals surface area (Å²) < 4.78 is 12.4. The molecule has 38 heavy (non-hydrogen) atoms. The molecule has 0 aliphatic carbocycles. The first-order chi connectivity index (χ1) is 18.1. The molecule has 1 aliphatic heterocycles. The van der Waals surface area contributed by atoms with Crippen LogP contribution in [-0.4, -0.2) is 65.8 Å². The van der Waals surface area contributed by atoms with Gasteiger partial charge in [-0.05, 0) is 57.9 Å². The average molecular weight is 538 g/mol. The van der Waals surface area contributed by atoms with E-state index in [0.29, 0.717) is 44.2 Å². The van der Waals surface area contributed by atoms with Crippen LogP contribution in [-0.2, 0) is 20.8 Å². The Labute approximate surface area is 227 Å². The molecule has 0 bridgehead atoms. The second-order valence-electron chi connectivity index (χ2n) is 10.1. The summed E-state index contributed by atoms with van der Waals surface area (Å²) in [6.07, 6.45) is 1.13. The zero-order valence-corrected chi connectivity index (χ0v) is 23.4. The van der Waals surface area contributed by atoms with Gasteiger partial charge in [0, 0.05) is 26.1 Å². The maximum absolute atomic E-state index is 13.2. The lowest BCUT2D eigenvalue weighted by molar-refractivity contribution is -0.262. The van der Waals surface area contributed by atoms with Gasteiger partial charge in [0.2, 0.25) is 12.4 Å². The highest BCUT2D eigenvalue weighted by molar-refractivity contribution is 7.18. The number of carbonyl (C=O) groups is 2. The molecule has 1 fully saturated rings. The minimum atomic E-state index is -0.605. The molecule has 10 heteroatoms. The van der Waals surface area contributed by atoms with Crippen LogP contribution in [0.5, 0.6) is 0 Å². The number of aromatic nitrogens is 1. The summed E-state index contributed by atoms with van der Waals surface area (Å²) >= 11 is 1.59. The van der Waals surface area contributed by atoms with E-state index >= 15 is 0 Å². The number of amides is 3. The molecule has 0 atom stereocenters. The zero-order chi connectivity index (χ0) is 27.3. The predicted molar refractivity (Wildman–Crippen MR) is 149 cm³/mol. The fourth-order valence-corrected chi connectivity index (χ4v) is 4.92. The minimum absolute atomic E-state index is 0.102. The number of aryl methyl sites for hydroxylation is 2. The smallest absolute Gasteiger partial charge is 0.330 e. The number of urea groups is 1. The molecule has 1 aromatic heterocycles. The van der Waals surface area contributed by atoms with Gasteiger partial charge in [0.05, 0.1) is 34.1 Å². The van der Waals surface area contributed by atoms with Crippen LogP contribution in [0, 0.1) is 19.8 Å². The molecule has 2 heterocycles. The summed E-state index contributed by atoms with van der Waals surface area (Å²) in [5.41, 5.74) is 3.84. The van der Waals surface area contributed by atoms with E-state index in [9.17, 15) is 9.59 Å². The highest BCUT2D eigenvalue weighted by Crippen LogP contribution is 2.26. The van der Waals surface area contributed by atoms with E-state index in [0.717, 1.165) is 25.7 Å². The lowest BCUT2D eigenvalue weighted by atomic mass is 10.1. The fraction of sp³-hybridized carbons (Fsp3) is 0.429. The molecular weight excluding hydrogens is 502 g/mol. The van der Waals surface area contributed by atoms with Crippen LogP contribution in [0.2, 0.25) is 0 Å². The summed E-state index contributed by atoms with van der Waals surface area (Å²) in [6, 6.07) is 13.4. The Morgan fingerprint density at radius 2 is 1.89 bits per heavy atom. The topological polar surface area (TPSA) is 96.4 Å². The summed E-state index contributed by atoms with van der Waals surface area (Å²) in [5, 5.41) is 3.84. The second-order valence-corrected chi connectivity index (χ2v) is 11.3. The molecule has 0 radical (unpaired) electrons. The first-order valence-corrected chi connectivity index (χ1v) is 13.5. The number of nitrogens with zero attached hydrogens (tertiary/aromatic N) is 4. The summed E-state index contributed by atoms with van der Waals surface area (Å²) in [7, 11) is 1.86. The second kappa shape index (κ2) is 12.0. The standard InChI is InChI=1S/C28H35N5O4S/c1-19-6-8-21(9-7-19)15-32(5)26(30-23-10-11-24-25(14-23)38-20(2)29-24)31-27(35)33(18-34)13-12-22-16-36-28(3,4)37-17-22/h6-11,14,18,22H,12-13,15-17H2,1-5H3,(H,30,31,35). The van der Waals surface area contributed by atoms with Gasteiger partial charge >= 0.3 is 6.03 Å². The maximum Gasteiger partial charge on any atom is 0.330 e. The molecule has 0 saturated carbocycles. The molecule has 202 valence electrons. The van der Waals surface area contributed by atoms with Crippen molar-refractivity contribution in [2.45, 2.75) is 46.4 Å². The van der Waals surface area contributed by atoms with Gasteiger partial charge < -0.3 is 14.4 Å². The Morgan fingerprint density at radius 1 is 1.18 bits per heavy atom. The van der Waals surface area contributed by atoms with Gasteiger partial charge in [0.15, 0.2) is 5.79 Å². The average Bonchev–Trinajstić information content (AvgIpc) is 3.25. The number of imide groups is 1. The van der Waals surface area contributed by atoms with Crippen LogP contribution in [0.4, 0.5) is 10.5 Å². The monoisotopic (exact) mass is 537 g/mol. The number of thiazole rings is 1. The number of fused-ring (bicyclic) bond motifs is 1. The van der Waals surface area contributed by atoms with Crippen molar-refractivity contribution < 1.29 is 19.1 Å². The molecule has 0 unspecified atom stereocenters. The van der Waals surface area contributed by atoms with Crippen LogP contribution in [0.1, 0.15) is 36.4 Å². The highest BCUT2D eigenvalue weighted by atomic mass is 32.1. The van der Waals surface area contributed by atoms with Gasteiger partial charge in [-0.15, -0.1) is 11.3 Å². The molecule has 9 nitrogen and oxygen atoms in total. The lowest BCUT2D eigenvalue weighted by Crippen LogP contribution is -2.48. The van der Waals surface area contributed by atoms with Crippen molar-refractivity contribution in [2.75, 3.05) is 26.8 Å². The van der Waals surface area contributed by atoms with Crippen molar-refractivity contribution in [3.05, 3.63) is 58.6 Å². The van der Waals surface area contributed by atoms with Crippen LogP contribution in [0.15, 0.2) is 47.5 Å². The first-order valence-electron chi connectivity index (χ1n) is 12.7. The number of nitrogens with one attached hydrogen (secondary N) is 1. The third-order valence-electron chi connectivity index (χ3n) is 6.33. The number of benzene rings is 2. The van der Waals surface area contributed by atoms with E-state index < -0.39 is 11.8 Å². The third-order valence-corrected chi connectivity index (χ3v) is 7.27. The van der Waals surface area contributed by atoms with Crippen molar-refractivity contribution in [3.63, 3.8) is 0 Å². The van der Waals surface area contributed by atoms with Crippen molar-refractivity contribution in [1.29, 1.82) is 0 Å². The number of hydrogen-bond donors (Lipinski definition) is 1. The predicted octanol–water partition coefficient (Wildman–Crippen LogP) is 4.99. The molecule has 2 aromatic carbocycles. The van der Waals surface area contributed by atoms with E-state index in [1.165, 1.54) is 5.56 Å². The Balaban J connectivity index is 1.50. The number of rotatable bonds is 7. The van der Waals surface area contributed by atoms with Crippen molar-refractivity contribution in [2.24, 2.45) is 10.9 Å². The normalized spacial score (nSPS) is 15.9. The van der Waals surface area contributed by atoms with E-state index in [-0.39, 0.29) is 12.5 Å². The molecular formula is C28H35N5O4S. The van der Waals surface area contributed by atoms with Crippen molar-refractivity contribution in [3.8, 4) is 0 Å². The van der Waals surface area contributed by atoms with Crippen LogP contribution >= 0.6 is 11.3 Å². The zero-order valence-electron chi connectivity index (χ0n) is 22.6. The Bertz CT molecular complexity index is 1290. The summed E-state index contributed by atoms with van der Waals surface area (Å²) in [4.78, 5) is 37.3. The number of ether oxygens (including phenoxy) is 2. The summed E-state index contributed by atoms with van der Waals surface area (Å²) in [6.45, 7) is 9.56. The molecule has 1 saturated heterocycles. The Hall–Kier alpha value is -3.34. The van der Waals surface area contributed by atoms with Crippen molar-refractivity contribution >= 4 is 45.6 Å². The quantitative estimate of drug-likeness (QED) is 0.259. The molecule has 1 aliphatic rings. The SMILES string of the molecule is Cc1ccc(CN(C)C(=Nc2ccc3nc(C)sc3c2)NC(=O)N(C=O)CCC2COC(C)(C)OC2)cc1. The summed E-state index contributed by atoms with van der Waals surface area (Å²) in [5.74, 6) is -0.161. The van der Waals surface area contributed by atoms with E-state index in [4.69, 9.17) is 14.5 Å². The lowest BCUT2D eigenvalue weighted by Gasteiger charge is -2.35. The van der Waals surface area contributed by atoms with Gasteiger partial charge in [-0.25, -0.2) is 14.8 Å². The number of guanidine groups is 1. The number of aliphatic imine (C=N–C) groups is 1. The maximum atomic E-state index is 13.2. The van der Waals surface area contributed by atoms with E-state index in [2.05, 4.69) is 10.3 Å². The molecule has 1 N–H and O–H groups in total. The number of hydrogen-bond acceptors (Lipinski definition) is 7. The first kappa shape index (κ1) is 27.7. The van der Waals surface area contributed by atoms with E-state index in [1.807, 2.05) is 82.1 Å². The third kappa shape index (κ3) is 7.37. The Kier molecular flexibility index (Phi) is 8.76. The van der Waals surface area contributed by atoms with Crippen LogP contribution < -0.4 is 5.32 Å². The van der Waals surface area contributed by atoms with Gasteiger partial charge in [-0.2, -0.15) is 0 Å². The van der Waals surface area contributed by atoms with Gasteiger partial charge in [0.1, 0.15) is 0 Å². The fourth-order valence-electron chi connectivity index (χ4n) is 4.06. The van der Waals surface area contributed by atoms with E-state index in [1.54, 1.807) is 11.3 Å². The Morgan fingerprint density at radius 3 is 2.58 bits per heavy atom. The van der Waals surface area contributed by atoms with Gasteiger partial charge in [0.25, 0.3) is 0 Å². The largest absolute Gasteiger partial charge is 0.350 e.